The lowest BCUT2D eigenvalue weighted by atomic mass is 9.77. The number of alkyl halides is 3. The van der Waals surface area contributed by atoms with Crippen molar-refractivity contribution in [3.05, 3.63) is 53.4 Å². The van der Waals surface area contributed by atoms with Gasteiger partial charge in [0.25, 0.3) is 5.91 Å². The first-order valence-corrected chi connectivity index (χ1v) is 10.8. The highest BCUT2D eigenvalue weighted by molar-refractivity contribution is 5.95. The van der Waals surface area contributed by atoms with E-state index in [1.165, 1.54) is 25.3 Å². The van der Waals surface area contributed by atoms with Crippen molar-refractivity contribution in [1.82, 2.24) is 4.98 Å². The second kappa shape index (κ2) is 9.34. The molecule has 1 saturated heterocycles. The van der Waals surface area contributed by atoms with Gasteiger partial charge in [0.2, 0.25) is 5.82 Å². The van der Waals surface area contributed by atoms with Gasteiger partial charge in [0.15, 0.2) is 17.2 Å². The number of rotatable bonds is 6. The SMILES string of the molecule is COc1c([C@H]2[C@H](C(=O)Nc3ccnc(CC(C)(C)O)c3)O[C@@](C)(C(F)(F)F)[C@H]2C)ccc(F)c1F. The standard InChI is InChI=1S/C24H27F5N2O4/c1-12-17(15-6-7-16(25)18(26)19(15)34-5)20(35-23(12,4)24(27,28)29)21(32)31-13-8-9-30-14(10-13)11-22(2,3)33/h6-10,12,17,20,33H,11H2,1-5H3,(H,30,31,32)/t12-,17-,20+,23+/m0/s1. The largest absolute Gasteiger partial charge is 0.493 e. The molecule has 4 atom stereocenters. The van der Waals surface area contributed by atoms with Crippen LogP contribution in [-0.2, 0) is 16.0 Å². The summed E-state index contributed by atoms with van der Waals surface area (Å²) in [4.78, 5) is 17.3. The van der Waals surface area contributed by atoms with E-state index in [2.05, 4.69) is 10.3 Å². The zero-order valence-corrected chi connectivity index (χ0v) is 19.8. The van der Waals surface area contributed by atoms with Crippen LogP contribution in [0.1, 0.15) is 44.9 Å². The molecule has 0 radical (unpaired) electrons. The predicted molar refractivity (Wildman–Crippen MR) is 117 cm³/mol. The molecule has 11 heteroatoms. The Bertz CT molecular complexity index is 1100. The number of ether oxygens (including phenoxy) is 2. The van der Waals surface area contributed by atoms with Crippen LogP contribution in [0, 0.1) is 17.6 Å². The molecule has 192 valence electrons. The summed E-state index contributed by atoms with van der Waals surface area (Å²) in [6, 6.07) is 4.77. The molecule has 2 N–H and O–H groups in total. The van der Waals surface area contributed by atoms with Gasteiger partial charge in [0, 0.05) is 41.4 Å². The molecule has 0 aliphatic carbocycles. The van der Waals surface area contributed by atoms with E-state index in [-0.39, 0.29) is 17.7 Å². The van der Waals surface area contributed by atoms with E-state index in [1.807, 2.05) is 0 Å². The summed E-state index contributed by atoms with van der Waals surface area (Å²) in [6.45, 7) is 5.20. The Kier molecular flexibility index (Phi) is 7.16. The number of aliphatic hydroxyl groups is 1. The fraction of sp³-hybridized carbons (Fsp3) is 0.500. The Morgan fingerprint density at radius 1 is 1.26 bits per heavy atom. The molecule has 1 aromatic carbocycles. The second-order valence-corrected chi connectivity index (χ2v) is 9.46. The Morgan fingerprint density at radius 2 is 1.91 bits per heavy atom. The van der Waals surface area contributed by atoms with Gasteiger partial charge < -0.3 is 19.9 Å². The number of hydrogen-bond acceptors (Lipinski definition) is 5. The molecular weight excluding hydrogens is 475 g/mol. The van der Waals surface area contributed by atoms with Crippen molar-refractivity contribution in [3.8, 4) is 5.75 Å². The number of carbonyl (C=O) groups excluding carboxylic acids is 1. The van der Waals surface area contributed by atoms with Gasteiger partial charge in [0.1, 0.15) is 6.10 Å². The highest BCUT2D eigenvalue weighted by Crippen LogP contribution is 2.55. The van der Waals surface area contributed by atoms with Crippen LogP contribution in [0.15, 0.2) is 30.5 Å². The molecule has 1 amide bonds. The number of anilines is 1. The molecule has 1 fully saturated rings. The van der Waals surface area contributed by atoms with E-state index in [4.69, 9.17) is 9.47 Å². The van der Waals surface area contributed by atoms with Gasteiger partial charge >= 0.3 is 6.18 Å². The summed E-state index contributed by atoms with van der Waals surface area (Å²) < 4.78 is 80.6. The molecule has 35 heavy (non-hydrogen) atoms. The maximum atomic E-state index is 14.4. The number of benzene rings is 1. The lowest BCUT2D eigenvalue weighted by Gasteiger charge is -2.32. The highest BCUT2D eigenvalue weighted by Gasteiger charge is 2.65. The van der Waals surface area contributed by atoms with Crippen molar-refractivity contribution in [2.45, 2.75) is 63.5 Å². The smallest absolute Gasteiger partial charge is 0.417 e. The van der Waals surface area contributed by atoms with E-state index < -0.39 is 58.6 Å². The molecule has 2 aromatic rings. The monoisotopic (exact) mass is 502 g/mol. The molecule has 0 saturated carbocycles. The quantitative estimate of drug-likeness (QED) is 0.557. The minimum Gasteiger partial charge on any atom is -0.493 e. The van der Waals surface area contributed by atoms with Crippen LogP contribution in [0.4, 0.5) is 27.6 Å². The van der Waals surface area contributed by atoms with Gasteiger partial charge in [0.05, 0.1) is 12.7 Å². The number of halogens is 5. The first-order chi connectivity index (χ1) is 16.1. The number of carbonyl (C=O) groups is 1. The number of amides is 1. The zero-order chi connectivity index (χ0) is 26.3. The van der Waals surface area contributed by atoms with Crippen molar-refractivity contribution in [2.75, 3.05) is 12.4 Å². The Labute approximate surface area is 199 Å². The van der Waals surface area contributed by atoms with Gasteiger partial charge in [-0.05, 0) is 39.0 Å². The van der Waals surface area contributed by atoms with Gasteiger partial charge in [-0.3, -0.25) is 9.78 Å². The number of aromatic nitrogens is 1. The molecule has 1 aliphatic rings. The Morgan fingerprint density at radius 3 is 2.49 bits per heavy atom. The van der Waals surface area contributed by atoms with Gasteiger partial charge in [-0.2, -0.15) is 17.6 Å². The van der Waals surface area contributed by atoms with Crippen LogP contribution in [0.3, 0.4) is 0 Å². The van der Waals surface area contributed by atoms with Crippen LogP contribution in [-0.4, -0.2) is 46.6 Å². The summed E-state index contributed by atoms with van der Waals surface area (Å²) in [6.07, 6.45) is -5.03. The minimum atomic E-state index is -4.86. The molecule has 1 aliphatic heterocycles. The average Bonchev–Trinajstić information content (AvgIpc) is 3.01. The lowest BCUT2D eigenvalue weighted by molar-refractivity contribution is -0.272. The number of methoxy groups -OCH3 is 1. The third-order valence-electron chi connectivity index (χ3n) is 6.27. The van der Waals surface area contributed by atoms with Crippen LogP contribution in [0.5, 0.6) is 5.75 Å². The molecule has 0 bridgehead atoms. The summed E-state index contributed by atoms with van der Waals surface area (Å²) in [7, 11) is 1.06. The normalized spacial score (nSPS) is 24.9. The topological polar surface area (TPSA) is 80.7 Å². The minimum absolute atomic E-state index is 0.121. The predicted octanol–water partition coefficient (Wildman–Crippen LogP) is 4.76. The fourth-order valence-corrected chi connectivity index (χ4v) is 4.35. The highest BCUT2D eigenvalue weighted by atomic mass is 19.4. The Hall–Kier alpha value is -2.79. The van der Waals surface area contributed by atoms with Gasteiger partial charge in [-0.25, -0.2) is 4.39 Å². The molecule has 1 aromatic heterocycles. The fourth-order valence-electron chi connectivity index (χ4n) is 4.35. The van der Waals surface area contributed by atoms with E-state index in [1.54, 1.807) is 13.8 Å². The van der Waals surface area contributed by atoms with E-state index >= 15 is 0 Å². The van der Waals surface area contributed by atoms with Crippen molar-refractivity contribution >= 4 is 11.6 Å². The van der Waals surface area contributed by atoms with Crippen LogP contribution < -0.4 is 10.1 Å². The first-order valence-electron chi connectivity index (χ1n) is 10.8. The second-order valence-electron chi connectivity index (χ2n) is 9.46. The summed E-state index contributed by atoms with van der Waals surface area (Å²) in [5.41, 5.74) is -3.29. The summed E-state index contributed by atoms with van der Waals surface area (Å²) >= 11 is 0. The van der Waals surface area contributed by atoms with Crippen molar-refractivity contribution in [2.24, 2.45) is 5.92 Å². The molecule has 2 heterocycles. The van der Waals surface area contributed by atoms with Crippen LogP contribution in [0.2, 0.25) is 0 Å². The zero-order valence-electron chi connectivity index (χ0n) is 19.8. The van der Waals surface area contributed by atoms with E-state index in [0.717, 1.165) is 26.2 Å². The Balaban J connectivity index is 2.02. The van der Waals surface area contributed by atoms with E-state index in [0.29, 0.717) is 5.69 Å². The molecule has 3 rings (SSSR count). The molecule has 0 unspecified atom stereocenters. The van der Waals surface area contributed by atoms with Crippen molar-refractivity contribution in [3.63, 3.8) is 0 Å². The van der Waals surface area contributed by atoms with Gasteiger partial charge in [-0.15, -0.1) is 0 Å². The van der Waals surface area contributed by atoms with Crippen molar-refractivity contribution < 1.29 is 41.3 Å². The average molecular weight is 502 g/mol. The van der Waals surface area contributed by atoms with Crippen molar-refractivity contribution in [1.29, 1.82) is 0 Å². The maximum Gasteiger partial charge on any atom is 0.417 e. The van der Waals surface area contributed by atoms with Crippen LogP contribution in [0.25, 0.3) is 0 Å². The van der Waals surface area contributed by atoms with E-state index in [9.17, 15) is 31.9 Å². The maximum absolute atomic E-state index is 14.4. The first kappa shape index (κ1) is 26.8. The number of pyridine rings is 1. The van der Waals surface area contributed by atoms with Crippen LogP contribution >= 0.6 is 0 Å². The molecule has 6 nitrogen and oxygen atoms in total. The third kappa shape index (κ3) is 5.25. The number of nitrogens with one attached hydrogen (secondary N) is 1. The summed E-state index contributed by atoms with van der Waals surface area (Å²) in [5, 5.41) is 12.5. The number of nitrogens with zero attached hydrogens (tertiary/aromatic N) is 1. The summed E-state index contributed by atoms with van der Waals surface area (Å²) in [5.74, 6) is -6.80. The lowest BCUT2D eigenvalue weighted by Crippen LogP contribution is -2.47. The number of hydrogen-bond donors (Lipinski definition) is 2. The molecule has 0 spiro atoms. The third-order valence-corrected chi connectivity index (χ3v) is 6.27. The molecular formula is C24H27F5N2O4. The van der Waals surface area contributed by atoms with Gasteiger partial charge in [-0.1, -0.05) is 13.0 Å².